The van der Waals surface area contributed by atoms with Crippen molar-refractivity contribution in [1.82, 2.24) is 0 Å². The maximum absolute atomic E-state index is 12.5. The van der Waals surface area contributed by atoms with Gasteiger partial charge in [0.15, 0.2) is 0 Å². The molecule has 216 valence electrons. The summed E-state index contributed by atoms with van der Waals surface area (Å²) < 4.78 is 6.00. The van der Waals surface area contributed by atoms with E-state index in [4.69, 9.17) is 4.74 Å². The molecule has 0 amide bonds. The molecule has 0 bridgehead atoms. The SMILES string of the molecule is CCCCCCCCCCCCC(CCCCCCCCCCCC)OC(=O)CCCCCCCBr. The van der Waals surface area contributed by atoms with Crippen molar-refractivity contribution in [3.05, 3.63) is 0 Å². The third-order valence-electron chi connectivity index (χ3n) is 7.57. The smallest absolute Gasteiger partial charge is 0.306 e. The van der Waals surface area contributed by atoms with E-state index in [-0.39, 0.29) is 12.1 Å². The predicted molar refractivity (Wildman–Crippen MR) is 164 cm³/mol. The minimum atomic E-state index is 0.0552. The summed E-state index contributed by atoms with van der Waals surface area (Å²) in [7, 11) is 0. The lowest BCUT2D eigenvalue weighted by Crippen LogP contribution is -2.18. The Bertz CT molecular complexity index is 402. The molecule has 0 aliphatic heterocycles. The van der Waals surface area contributed by atoms with E-state index >= 15 is 0 Å². The molecule has 0 atom stereocenters. The molecule has 0 N–H and O–H groups in total. The van der Waals surface area contributed by atoms with E-state index in [1.807, 2.05) is 0 Å². The number of halogens is 1. The van der Waals surface area contributed by atoms with Crippen LogP contribution in [0, 0.1) is 0 Å². The van der Waals surface area contributed by atoms with Crippen molar-refractivity contribution in [3.63, 3.8) is 0 Å². The number of rotatable bonds is 30. The van der Waals surface area contributed by atoms with E-state index in [0.29, 0.717) is 6.42 Å². The van der Waals surface area contributed by atoms with Crippen LogP contribution in [-0.2, 0) is 9.53 Å². The molecular formula is C33H65BrO2. The zero-order chi connectivity index (χ0) is 26.4. The van der Waals surface area contributed by atoms with Crippen LogP contribution < -0.4 is 0 Å². The number of carbonyl (C=O) groups excluding carboxylic acids is 1. The van der Waals surface area contributed by atoms with Gasteiger partial charge in [-0.2, -0.15) is 0 Å². The molecule has 0 spiro atoms. The number of unbranched alkanes of at least 4 members (excludes halogenated alkanes) is 22. The second-order valence-electron chi connectivity index (χ2n) is 11.3. The fourth-order valence-corrected chi connectivity index (χ4v) is 5.52. The van der Waals surface area contributed by atoms with Crippen LogP contribution >= 0.6 is 15.9 Å². The van der Waals surface area contributed by atoms with Crippen molar-refractivity contribution in [2.45, 2.75) is 200 Å². The van der Waals surface area contributed by atoms with Gasteiger partial charge in [0.2, 0.25) is 0 Å². The number of hydrogen-bond donors (Lipinski definition) is 0. The lowest BCUT2D eigenvalue weighted by atomic mass is 10.0. The molecule has 36 heavy (non-hydrogen) atoms. The van der Waals surface area contributed by atoms with Gasteiger partial charge >= 0.3 is 5.97 Å². The van der Waals surface area contributed by atoms with Gasteiger partial charge in [-0.1, -0.05) is 165 Å². The van der Waals surface area contributed by atoms with Crippen LogP contribution in [0.3, 0.4) is 0 Å². The molecule has 0 heterocycles. The van der Waals surface area contributed by atoms with Gasteiger partial charge in [0, 0.05) is 11.8 Å². The van der Waals surface area contributed by atoms with E-state index in [2.05, 4.69) is 29.8 Å². The Morgan fingerprint density at radius 3 is 1.22 bits per heavy atom. The Morgan fingerprint density at radius 2 is 0.833 bits per heavy atom. The standard InChI is InChI=1S/C33H65BrO2/c1-3-5-7-9-11-13-15-17-20-24-28-32(36-33(35)30-26-22-19-23-27-31-34)29-25-21-18-16-14-12-10-8-6-4-2/h32H,3-31H2,1-2H3. The summed E-state index contributed by atoms with van der Waals surface area (Å²) >= 11 is 3.49. The highest BCUT2D eigenvalue weighted by atomic mass is 79.9. The summed E-state index contributed by atoms with van der Waals surface area (Å²) in [6.07, 6.45) is 36.1. The minimum absolute atomic E-state index is 0.0552. The van der Waals surface area contributed by atoms with Crippen molar-refractivity contribution >= 4 is 21.9 Å². The quantitative estimate of drug-likeness (QED) is 0.0485. The van der Waals surface area contributed by atoms with Crippen LogP contribution in [-0.4, -0.2) is 17.4 Å². The highest BCUT2D eigenvalue weighted by molar-refractivity contribution is 9.09. The Kier molecular flexibility index (Phi) is 31.1. The summed E-state index contributed by atoms with van der Waals surface area (Å²) in [6.45, 7) is 4.57. The van der Waals surface area contributed by atoms with Crippen molar-refractivity contribution in [2.75, 3.05) is 5.33 Å². The zero-order valence-corrected chi connectivity index (χ0v) is 26.4. The highest BCUT2D eigenvalue weighted by Crippen LogP contribution is 2.19. The van der Waals surface area contributed by atoms with E-state index in [1.165, 1.54) is 148 Å². The van der Waals surface area contributed by atoms with Crippen molar-refractivity contribution < 1.29 is 9.53 Å². The summed E-state index contributed by atoms with van der Waals surface area (Å²) in [5.41, 5.74) is 0. The molecule has 0 saturated heterocycles. The summed E-state index contributed by atoms with van der Waals surface area (Å²) in [6, 6.07) is 0. The molecule has 0 aromatic carbocycles. The molecule has 0 aromatic rings. The van der Waals surface area contributed by atoms with Crippen molar-refractivity contribution in [2.24, 2.45) is 0 Å². The first-order valence-corrected chi connectivity index (χ1v) is 17.6. The van der Waals surface area contributed by atoms with E-state index < -0.39 is 0 Å². The first kappa shape index (κ1) is 35.9. The Hall–Kier alpha value is -0.0500. The summed E-state index contributed by atoms with van der Waals surface area (Å²) in [4.78, 5) is 12.5. The fraction of sp³-hybridized carbons (Fsp3) is 0.970. The van der Waals surface area contributed by atoms with Crippen molar-refractivity contribution in [1.29, 1.82) is 0 Å². The Morgan fingerprint density at radius 1 is 0.500 bits per heavy atom. The molecule has 0 rings (SSSR count). The molecule has 0 aromatic heterocycles. The highest BCUT2D eigenvalue weighted by Gasteiger charge is 2.14. The second kappa shape index (κ2) is 31.2. The van der Waals surface area contributed by atoms with Gasteiger partial charge in [0.05, 0.1) is 0 Å². The third kappa shape index (κ3) is 28.5. The molecule has 0 radical (unpaired) electrons. The van der Waals surface area contributed by atoms with Crippen LogP contribution in [0.5, 0.6) is 0 Å². The van der Waals surface area contributed by atoms with Gasteiger partial charge in [0.25, 0.3) is 0 Å². The van der Waals surface area contributed by atoms with Crippen LogP contribution in [0.4, 0.5) is 0 Å². The molecule has 0 aliphatic carbocycles. The van der Waals surface area contributed by atoms with E-state index in [0.717, 1.165) is 31.0 Å². The summed E-state index contributed by atoms with van der Waals surface area (Å²) in [5, 5.41) is 1.09. The normalized spacial score (nSPS) is 11.4. The number of carbonyl (C=O) groups is 1. The largest absolute Gasteiger partial charge is 0.462 e. The molecule has 3 heteroatoms. The monoisotopic (exact) mass is 572 g/mol. The van der Waals surface area contributed by atoms with Crippen LogP contribution in [0.15, 0.2) is 0 Å². The average Bonchev–Trinajstić information content (AvgIpc) is 2.88. The zero-order valence-electron chi connectivity index (χ0n) is 24.8. The van der Waals surface area contributed by atoms with Gasteiger partial charge in [-0.15, -0.1) is 0 Å². The van der Waals surface area contributed by atoms with Crippen molar-refractivity contribution in [3.8, 4) is 0 Å². The van der Waals surface area contributed by atoms with Gasteiger partial charge in [-0.05, 0) is 38.5 Å². The lowest BCUT2D eigenvalue weighted by molar-refractivity contribution is -0.150. The molecule has 0 fully saturated rings. The van der Waals surface area contributed by atoms with E-state index in [9.17, 15) is 4.79 Å². The summed E-state index contributed by atoms with van der Waals surface area (Å²) in [5.74, 6) is 0.0552. The van der Waals surface area contributed by atoms with Gasteiger partial charge < -0.3 is 4.74 Å². The number of esters is 1. The Balaban J connectivity index is 4.02. The van der Waals surface area contributed by atoms with Crippen LogP contribution in [0.2, 0.25) is 0 Å². The second-order valence-corrected chi connectivity index (χ2v) is 12.1. The molecule has 2 nitrogen and oxygen atoms in total. The lowest BCUT2D eigenvalue weighted by Gasteiger charge is -2.18. The molecule has 0 aliphatic rings. The third-order valence-corrected chi connectivity index (χ3v) is 8.13. The Labute approximate surface area is 236 Å². The van der Waals surface area contributed by atoms with E-state index in [1.54, 1.807) is 0 Å². The number of ether oxygens (including phenoxy) is 1. The first-order valence-electron chi connectivity index (χ1n) is 16.5. The average molecular weight is 574 g/mol. The maximum atomic E-state index is 12.5. The minimum Gasteiger partial charge on any atom is -0.462 e. The number of hydrogen-bond acceptors (Lipinski definition) is 2. The maximum Gasteiger partial charge on any atom is 0.306 e. The van der Waals surface area contributed by atoms with Gasteiger partial charge in [-0.3, -0.25) is 4.79 Å². The van der Waals surface area contributed by atoms with Crippen LogP contribution in [0.25, 0.3) is 0 Å². The fourth-order valence-electron chi connectivity index (χ4n) is 5.12. The molecule has 0 saturated carbocycles. The van der Waals surface area contributed by atoms with Gasteiger partial charge in [-0.25, -0.2) is 0 Å². The first-order chi connectivity index (χ1) is 17.7. The molecular weight excluding hydrogens is 508 g/mol. The molecule has 0 unspecified atom stereocenters. The number of alkyl halides is 1. The van der Waals surface area contributed by atoms with Gasteiger partial charge in [0.1, 0.15) is 6.10 Å². The van der Waals surface area contributed by atoms with Crippen LogP contribution in [0.1, 0.15) is 194 Å². The predicted octanol–water partition coefficient (Wildman–Crippen LogP) is 12.3. The topological polar surface area (TPSA) is 26.3 Å².